The third-order valence-corrected chi connectivity index (χ3v) is 11.2. The van der Waals surface area contributed by atoms with Crippen LogP contribution >= 0.6 is 31.1 Å². The van der Waals surface area contributed by atoms with Crippen LogP contribution in [0, 0.1) is 5.92 Å². The number of ether oxygens (including phenoxy) is 1. The lowest BCUT2D eigenvalue weighted by Crippen LogP contribution is -2.48. The number of hydrogen-bond acceptors (Lipinski definition) is 12. The lowest BCUT2D eigenvalue weighted by molar-refractivity contribution is 0.196. The summed E-state index contributed by atoms with van der Waals surface area (Å²) < 4.78 is 21.2. The predicted octanol–water partition coefficient (Wildman–Crippen LogP) is 5.76. The van der Waals surface area contributed by atoms with Crippen LogP contribution in [0.15, 0.2) is 55.2 Å². The van der Waals surface area contributed by atoms with Gasteiger partial charge >= 0.3 is 0 Å². The summed E-state index contributed by atoms with van der Waals surface area (Å²) in [6, 6.07) is 7.82. The zero-order valence-electron chi connectivity index (χ0n) is 29.3. The smallest absolute Gasteiger partial charge is 0.229 e. The Morgan fingerprint density at radius 1 is 1.00 bits per heavy atom. The van der Waals surface area contributed by atoms with Gasteiger partial charge in [0.2, 0.25) is 5.95 Å². The Labute approximate surface area is 309 Å². The van der Waals surface area contributed by atoms with Gasteiger partial charge in [0, 0.05) is 81.2 Å². The highest BCUT2D eigenvalue weighted by molar-refractivity contribution is 7.71. The average molecular weight is 753 g/mol. The van der Waals surface area contributed by atoms with Crippen molar-refractivity contribution in [2.45, 2.75) is 12.8 Å². The molecule has 2 saturated heterocycles. The van der Waals surface area contributed by atoms with Crippen LogP contribution in [0.3, 0.4) is 0 Å². The summed E-state index contributed by atoms with van der Waals surface area (Å²) in [5.74, 6) is 2.09. The molecule has 270 valence electrons. The van der Waals surface area contributed by atoms with Gasteiger partial charge in [0.1, 0.15) is 23.4 Å². The van der Waals surface area contributed by atoms with Gasteiger partial charge in [-0.05, 0) is 63.4 Å². The molecular formula is C35H44Cl2N11O2P. The molecule has 13 nitrogen and oxygen atoms in total. The molecule has 0 unspecified atom stereocenters. The van der Waals surface area contributed by atoms with Crippen molar-refractivity contribution in [2.24, 2.45) is 13.0 Å². The first-order chi connectivity index (χ1) is 24.2. The Bertz CT molecular complexity index is 2040. The van der Waals surface area contributed by atoms with Gasteiger partial charge in [-0.25, -0.2) is 4.98 Å². The number of nitrogens with one attached hydrogen (secondary N) is 3. The molecule has 0 saturated carbocycles. The largest absolute Gasteiger partial charge is 0.494 e. The number of hydrogen-bond donors (Lipinski definition) is 3. The molecule has 2 aliphatic heterocycles. The monoisotopic (exact) mass is 751 g/mol. The molecule has 0 bridgehead atoms. The minimum atomic E-state index is -2.79. The average Bonchev–Trinajstić information content (AvgIpc) is 3.55. The van der Waals surface area contributed by atoms with E-state index >= 15 is 0 Å². The van der Waals surface area contributed by atoms with Crippen molar-refractivity contribution in [2.75, 3.05) is 81.8 Å². The van der Waals surface area contributed by atoms with Crippen LogP contribution in [0.2, 0.25) is 5.02 Å². The van der Waals surface area contributed by atoms with Crippen molar-refractivity contribution in [3.05, 3.63) is 60.3 Å². The summed E-state index contributed by atoms with van der Waals surface area (Å²) >= 11 is 6.61. The van der Waals surface area contributed by atoms with Crippen molar-refractivity contribution in [3.63, 3.8) is 0 Å². The first-order valence-electron chi connectivity index (χ1n) is 16.9. The van der Waals surface area contributed by atoms with Crippen molar-refractivity contribution < 1.29 is 9.30 Å². The van der Waals surface area contributed by atoms with Crippen LogP contribution in [0.1, 0.15) is 12.8 Å². The Hall–Kier alpha value is -4.00. The van der Waals surface area contributed by atoms with Gasteiger partial charge in [-0.2, -0.15) is 10.1 Å². The third-order valence-electron chi connectivity index (χ3n) is 9.42. The Kier molecular flexibility index (Phi) is 11.3. The van der Waals surface area contributed by atoms with Gasteiger partial charge in [0.15, 0.2) is 5.82 Å². The number of benzene rings is 2. The molecule has 16 heteroatoms. The van der Waals surface area contributed by atoms with Crippen LogP contribution in [0.4, 0.5) is 28.8 Å². The number of rotatable bonds is 10. The van der Waals surface area contributed by atoms with E-state index in [1.807, 2.05) is 36.3 Å². The molecule has 0 spiro atoms. The van der Waals surface area contributed by atoms with Crippen molar-refractivity contribution >= 4 is 76.3 Å². The minimum Gasteiger partial charge on any atom is -0.494 e. The molecule has 0 atom stereocenters. The summed E-state index contributed by atoms with van der Waals surface area (Å²) in [6.07, 6.45) is 11.2. The molecule has 2 fully saturated rings. The van der Waals surface area contributed by atoms with Crippen LogP contribution < -0.4 is 30.9 Å². The summed E-state index contributed by atoms with van der Waals surface area (Å²) in [4.78, 5) is 23.2. The van der Waals surface area contributed by atoms with Crippen molar-refractivity contribution in [1.29, 1.82) is 0 Å². The van der Waals surface area contributed by atoms with Gasteiger partial charge in [-0.1, -0.05) is 11.6 Å². The number of aryl methyl sites for hydroxylation is 1. The maximum atomic E-state index is 13.5. The number of nitrogens with zero attached hydrogens (tertiary/aromatic N) is 8. The van der Waals surface area contributed by atoms with Crippen molar-refractivity contribution in [1.82, 2.24) is 39.9 Å². The van der Waals surface area contributed by atoms with Gasteiger partial charge in [-0.15, -0.1) is 12.4 Å². The Balaban J connectivity index is 0.00000448. The second kappa shape index (κ2) is 15.7. The lowest BCUT2D eigenvalue weighted by Gasteiger charge is -2.39. The van der Waals surface area contributed by atoms with Gasteiger partial charge in [0.25, 0.3) is 0 Å². The maximum absolute atomic E-state index is 13.5. The van der Waals surface area contributed by atoms with Crippen LogP contribution in [0.5, 0.6) is 5.75 Å². The fraction of sp³-hybridized carbons (Fsp3) is 0.400. The van der Waals surface area contributed by atoms with E-state index in [0.717, 1.165) is 62.0 Å². The summed E-state index contributed by atoms with van der Waals surface area (Å²) in [6.45, 7) is 10.7. The highest BCUT2D eigenvalue weighted by atomic mass is 35.5. The first-order valence-corrected chi connectivity index (χ1v) is 19.9. The molecule has 0 radical (unpaired) electrons. The van der Waals surface area contributed by atoms with E-state index < -0.39 is 7.14 Å². The Morgan fingerprint density at radius 3 is 2.47 bits per heavy atom. The number of piperidine rings is 1. The van der Waals surface area contributed by atoms with Crippen LogP contribution in [-0.4, -0.2) is 101 Å². The van der Waals surface area contributed by atoms with E-state index in [0.29, 0.717) is 50.3 Å². The standard InChI is InChI=1S/C35H43ClN11O2P.ClH/c1-45-22-24(19-41-45)25-17-29(31(49-2)18-30(25)47-15-13-46(14-16-47)21-23-7-9-37-10-8-23)43-35-40-20-26(36)34(44-35)42-28-6-5-27-32(39-12-11-38-27)33(28)50(3,4)48;/h5-6,11-12,17-20,22-23,37H,7-10,13-16,21H2,1-4H3,(H2,40,42,43,44);1H. The quantitative estimate of drug-likeness (QED) is 0.150. The number of fused-ring (bicyclic) bond motifs is 1. The number of aromatic nitrogens is 6. The topological polar surface area (TPSA) is 138 Å². The zero-order chi connectivity index (χ0) is 34.8. The number of anilines is 5. The molecule has 5 heterocycles. The molecule has 51 heavy (non-hydrogen) atoms. The number of halogens is 2. The molecule has 7 rings (SSSR count). The SMILES string of the molecule is COc1cc(N2CCN(CC3CCNCC3)CC2)c(-c2cnn(C)c2)cc1Nc1ncc(Cl)c(Nc2ccc3nccnc3c2P(C)(C)=O)n1.Cl. The van der Waals surface area contributed by atoms with E-state index in [2.05, 4.69) is 57.9 Å². The molecule has 5 aromatic rings. The zero-order valence-corrected chi connectivity index (χ0v) is 31.7. The molecule has 3 N–H and O–H groups in total. The van der Waals surface area contributed by atoms with Crippen LogP contribution in [0.25, 0.3) is 22.2 Å². The van der Waals surface area contributed by atoms with Crippen molar-refractivity contribution in [3.8, 4) is 16.9 Å². The van der Waals surface area contributed by atoms with E-state index in [9.17, 15) is 4.57 Å². The van der Waals surface area contributed by atoms with Gasteiger partial charge < -0.3 is 30.2 Å². The first kappa shape index (κ1) is 36.8. The van der Waals surface area contributed by atoms with Gasteiger partial charge in [0.05, 0.1) is 41.7 Å². The Morgan fingerprint density at radius 2 is 1.76 bits per heavy atom. The summed E-state index contributed by atoms with van der Waals surface area (Å²) in [7, 11) is 0.795. The van der Waals surface area contributed by atoms with Gasteiger partial charge in [-0.3, -0.25) is 19.5 Å². The number of piperazine rings is 1. The van der Waals surface area contributed by atoms with E-state index in [1.54, 1.807) is 32.8 Å². The third kappa shape index (κ3) is 8.23. The molecular weight excluding hydrogens is 708 g/mol. The highest BCUT2D eigenvalue weighted by Gasteiger charge is 2.26. The van der Waals surface area contributed by atoms with E-state index in [4.69, 9.17) is 21.3 Å². The van der Waals surface area contributed by atoms with E-state index in [-0.39, 0.29) is 12.4 Å². The molecule has 2 aromatic carbocycles. The van der Waals surface area contributed by atoms with E-state index in [1.165, 1.54) is 25.6 Å². The molecule has 2 aliphatic rings. The maximum Gasteiger partial charge on any atom is 0.229 e. The summed E-state index contributed by atoms with van der Waals surface area (Å²) in [5, 5.41) is 15.5. The predicted molar refractivity (Wildman–Crippen MR) is 209 cm³/mol. The second-order valence-corrected chi connectivity index (χ2v) is 16.9. The molecule has 3 aromatic heterocycles. The fourth-order valence-electron chi connectivity index (χ4n) is 6.92. The second-order valence-electron chi connectivity index (χ2n) is 13.3. The summed E-state index contributed by atoms with van der Waals surface area (Å²) in [5.41, 5.74) is 5.65. The van der Waals surface area contributed by atoms with Crippen LogP contribution in [-0.2, 0) is 11.6 Å². The highest BCUT2D eigenvalue weighted by Crippen LogP contribution is 2.43. The minimum absolute atomic E-state index is 0. The normalized spacial score (nSPS) is 15.8. The number of methoxy groups -OCH3 is 1. The molecule has 0 amide bonds. The lowest BCUT2D eigenvalue weighted by atomic mass is 9.97. The molecule has 0 aliphatic carbocycles. The fourth-order valence-corrected chi connectivity index (χ4v) is 8.45.